The molecule has 1 aliphatic carbocycles. The fraction of sp³-hybridized carbons (Fsp3) is 0.400. The first-order valence-corrected chi connectivity index (χ1v) is 10.6. The molecule has 0 fully saturated rings. The summed E-state index contributed by atoms with van der Waals surface area (Å²) in [4.78, 5) is 9.40. The summed E-state index contributed by atoms with van der Waals surface area (Å²) in [5.74, 6) is 2.11. The van der Waals surface area contributed by atoms with Gasteiger partial charge < -0.3 is 9.84 Å². The maximum atomic E-state index is 5.72. The quantitative estimate of drug-likeness (QED) is 0.555. The van der Waals surface area contributed by atoms with Crippen molar-refractivity contribution in [2.75, 3.05) is 12.4 Å². The van der Waals surface area contributed by atoms with Gasteiger partial charge in [-0.1, -0.05) is 25.1 Å². The molecule has 4 rings (SSSR count). The summed E-state index contributed by atoms with van der Waals surface area (Å²) in [6, 6.07) is 4.25. The summed E-state index contributed by atoms with van der Waals surface area (Å²) >= 11 is 0. The van der Waals surface area contributed by atoms with E-state index in [0.29, 0.717) is 11.7 Å². The maximum absolute atomic E-state index is 5.72. The third-order valence-electron chi connectivity index (χ3n) is 6.20. The number of hydrogen-bond donors (Lipinski definition) is 1. The molecule has 2 heterocycles. The third-order valence-corrected chi connectivity index (χ3v) is 6.20. The molecule has 0 atom stereocenters. The fourth-order valence-electron chi connectivity index (χ4n) is 4.54. The molecule has 1 aliphatic rings. The Morgan fingerprint density at radius 2 is 1.93 bits per heavy atom. The van der Waals surface area contributed by atoms with Crippen molar-refractivity contribution in [1.29, 1.82) is 0 Å². The number of benzene rings is 1. The lowest BCUT2D eigenvalue weighted by atomic mass is 9.73. The summed E-state index contributed by atoms with van der Waals surface area (Å²) in [6.45, 7) is 12.7. The molecule has 0 bridgehead atoms. The molecule has 156 valence electrons. The summed E-state index contributed by atoms with van der Waals surface area (Å²) in [6.07, 6.45) is 7.77. The molecular formula is C25H30N4O. The zero-order chi connectivity index (χ0) is 21.5. The summed E-state index contributed by atoms with van der Waals surface area (Å²) in [5, 5.41) is 7.54. The first kappa shape index (κ1) is 20.3. The molecule has 0 saturated heterocycles. The van der Waals surface area contributed by atoms with Gasteiger partial charge in [0.15, 0.2) is 0 Å². The van der Waals surface area contributed by atoms with Crippen LogP contribution in [0.5, 0.6) is 0 Å². The van der Waals surface area contributed by atoms with E-state index in [-0.39, 0.29) is 5.41 Å². The normalized spacial score (nSPS) is 15.0. The van der Waals surface area contributed by atoms with Crippen molar-refractivity contribution in [3.63, 3.8) is 0 Å². The van der Waals surface area contributed by atoms with Crippen LogP contribution >= 0.6 is 0 Å². The Hall–Kier alpha value is -2.95. The highest BCUT2D eigenvalue weighted by molar-refractivity contribution is 5.68. The molecule has 0 aliphatic heterocycles. The predicted octanol–water partition coefficient (Wildman–Crippen LogP) is 5.70. The zero-order valence-electron chi connectivity index (χ0n) is 18.6. The van der Waals surface area contributed by atoms with E-state index >= 15 is 0 Å². The predicted molar refractivity (Wildman–Crippen MR) is 122 cm³/mol. The Labute approximate surface area is 178 Å². The highest BCUT2D eigenvalue weighted by Gasteiger charge is 2.30. The minimum atomic E-state index is 0.265. The van der Waals surface area contributed by atoms with Crippen molar-refractivity contribution in [3.05, 3.63) is 58.8 Å². The number of pyridine rings is 1. The average molecular weight is 403 g/mol. The molecule has 30 heavy (non-hydrogen) atoms. The van der Waals surface area contributed by atoms with E-state index in [2.05, 4.69) is 61.9 Å². The molecule has 5 nitrogen and oxygen atoms in total. The van der Waals surface area contributed by atoms with E-state index in [1.807, 2.05) is 19.3 Å². The van der Waals surface area contributed by atoms with Crippen molar-refractivity contribution in [2.45, 2.75) is 53.4 Å². The van der Waals surface area contributed by atoms with Gasteiger partial charge in [-0.25, -0.2) is 4.98 Å². The Morgan fingerprint density at radius 1 is 1.20 bits per heavy atom. The second kappa shape index (κ2) is 7.71. The molecule has 3 aromatic rings. The van der Waals surface area contributed by atoms with Crippen molar-refractivity contribution in [3.8, 4) is 22.8 Å². The fourth-order valence-corrected chi connectivity index (χ4v) is 4.54. The number of anilines is 1. The Bertz CT molecular complexity index is 1090. The van der Waals surface area contributed by atoms with Crippen molar-refractivity contribution < 1.29 is 4.52 Å². The highest BCUT2D eigenvalue weighted by atomic mass is 16.5. The Balaban J connectivity index is 1.75. The number of fused-ring (bicyclic) bond motifs is 1. The number of allylic oxidation sites excluding steroid dienone is 1. The lowest BCUT2D eigenvalue weighted by Crippen LogP contribution is -2.24. The number of nitrogens with zero attached hydrogens (tertiary/aromatic N) is 3. The first-order chi connectivity index (χ1) is 14.3. The van der Waals surface area contributed by atoms with Gasteiger partial charge in [-0.2, -0.15) is 4.98 Å². The molecule has 2 aromatic heterocycles. The molecule has 0 spiro atoms. The lowest BCUT2D eigenvalue weighted by Gasteiger charge is -2.32. The van der Waals surface area contributed by atoms with Crippen LogP contribution in [0, 0.1) is 19.3 Å². The molecule has 0 radical (unpaired) electrons. The van der Waals surface area contributed by atoms with Gasteiger partial charge in [0, 0.05) is 18.8 Å². The second-order valence-corrected chi connectivity index (χ2v) is 9.07. The maximum Gasteiger partial charge on any atom is 0.260 e. The standard InChI is InChI=1S/C25H30N4O/c1-7-8-18-15(2)11-17(12-16(18)3)22-28-24(30-29-22)21-14-27-23(26-6)20-13-25(4,5)10-9-19(20)21/h7,11-12,14H,1,8-10,13H2,2-6H3,(H,26,27). The average Bonchev–Trinajstić information content (AvgIpc) is 3.19. The van der Waals surface area contributed by atoms with Gasteiger partial charge in [0.05, 0.1) is 5.56 Å². The van der Waals surface area contributed by atoms with Crippen molar-refractivity contribution in [2.24, 2.45) is 5.41 Å². The van der Waals surface area contributed by atoms with Crippen molar-refractivity contribution in [1.82, 2.24) is 15.1 Å². The molecule has 1 aromatic carbocycles. The smallest absolute Gasteiger partial charge is 0.260 e. The van der Waals surface area contributed by atoms with Gasteiger partial charge in [-0.05, 0) is 84.9 Å². The van der Waals surface area contributed by atoms with E-state index in [9.17, 15) is 0 Å². The van der Waals surface area contributed by atoms with Crippen molar-refractivity contribution >= 4 is 5.82 Å². The van der Waals surface area contributed by atoms with Gasteiger partial charge in [0.25, 0.3) is 5.89 Å². The SMILES string of the molecule is C=CCc1c(C)cc(-c2noc(-c3cnc(NC)c4c3CCC(C)(C)C4)n2)cc1C. The number of hydrogen-bond acceptors (Lipinski definition) is 5. The third kappa shape index (κ3) is 3.64. The van der Waals surface area contributed by atoms with Crippen LogP contribution in [-0.2, 0) is 19.3 Å². The minimum absolute atomic E-state index is 0.265. The van der Waals surface area contributed by atoms with E-state index < -0.39 is 0 Å². The van der Waals surface area contributed by atoms with E-state index in [1.54, 1.807) is 0 Å². The van der Waals surface area contributed by atoms with Crippen LogP contribution in [0.25, 0.3) is 22.8 Å². The Kier molecular flexibility index (Phi) is 5.22. The summed E-state index contributed by atoms with van der Waals surface area (Å²) in [7, 11) is 1.93. The second-order valence-electron chi connectivity index (χ2n) is 9.07. The van der Waals surface area contributed by atoms with Gasteiger partial charge in [0.2, 0.25) is 5.82 Å². The minimum Gasteiger partial charge on any atom is -0.373 e. The van der Waals surface area contributed by atoms with Crippen LogP contribution in [0.15, 0.2) is 35.5 Å². The topological polar surface area (TPSA) is 63.8 Å². The number of aryl methyl sites for hydroxylation is 2. The van der Waals surface area contributed by atoms with Gasteiger partial charge in [0.1, 0.15) is 5.82 Å². The number of nitrogens with one attached hydrogen (secondary N) is 1. The lowest BCUT2D eigenvalue weighted by molar-refractivity contribution is 0.315. The van der Waals surface area contributed by atoms with Crippen LogP contribution in [0.4, 0.5) is 5.82 Å². The summed E-state index contributed by atoms with van der Waals surface area (Å²) < 4.78 is 5.72. The largest absolute Gasteiger partial charge is 0.373 e. The van der Waals surface area contributed by atoms with E-state index in [0.717, 1.165) is 42.6 Å². The molecule has 5 heteroatoms. The zero-order valence-corrected chi connectivity index (χ0v) is 18.6. The van der Waals surface area contributed by atoms with Crippen LogP contribution in [0.1, 0.15) is 48.1 Å². The summed E-state index contributed by atoms with van der Waals surface area (Å²) in [5.41, 5.74) is 8.48. The molecule has 0 unspecified atom stereocenters. The van der Waals surface area contributed by atoms with Crippen LogP contribution in [0.2, 0.25) is 0 Å². The number of aromatic nitrogens is 3. The van der Waals surface area contributed by atoms with Gasteiger partial charge in [-0.3, -0.25) is 0 Å². The van der Waals surface area contributed by atoms with Crippen LogP contribution in [0.3, 0.4) is 0 Å². The molecule has 0 amide bonds. The van der Waals surface area contributed by atoms with E-state index in [4.69, 9.17) is 9.51 Å². The highest BCUT2D eigenvalue weighted by Crippen LogP contribution is 2.41. The monoisotopic (exact) mass is 402 g/mol. The van der Waals surface area contributed by atoms with Gasteiger partial charge in [-0.15, -0.1) is 6.58 Å². The number of rotatable bonds is 5. The van der Waals surface area contributed by atoms with Crippen LogP contribution in [-0.4, -0.2) is 22.2 Å². The molecule has 0 saturated carbocycles. The first-order valence-electron chi connectivity index (χ1n) is 10.6. The Morgan fingerprint density at radius 3 is 2.60 bits per heavy atom. The molecular weight excluding hydrogens is 372 g/mol. The van der Waals surface area contributed by atoms with E-state index in [1.165, 1.54) is 27.8 Å². The van der Waals surface area contributed by atoms with Crippen LogP contribution < -0.4 is 5.32 Å². The van der Waals surface area contributed by atoms with Gasteiger partial charge >= 0.3 is 0 Å². The molecule has 1 N–H and O–H groups in total.